The summed E-state index contributed by atoms with van der Waals surface area (Å²) in [5.41, 5.74) is 6.92. The van der Waals surface area contributed by atoms with E-state index in [-0.39, 0.29) is 16.4 Å². The third-order valence-corrected chi connectivity index (χ3v) is 5.22. The molecule has 0 heterocycles. The van der Waals surface area contributed by atoms with E-state index in [0.29, 0.717) is 17.7 Å². The molecule has 5 nitrogen and oxygen atoms in total. The summed E-state index contributed by atoms with van der Waals surface area (Å²) in [6, 6.07) is 4.62. The molecule has 0 saturated carbocycles. The second-order valence-electron chi connectivity index (χ2n) is 4.37. The average molecular weight is 334 g/mol. The molecule has 0 aliphatic heterocycles. The number of sulfonamides is 1. The van der Waals surface area contributed by atoms with Crippen molar-refractivity contribution in [1.82, 2.24) is 4.72 Å². The Bertz CT molecular complexity index is 627. The van der Waals surface area contributed by atoms with E-state index in [1.54, 1.807) is 19.2 Å². The van der Waals surface area contributed by atoms with Gasteiger partial charge in [0.2, 0.25) is 10.0 Å². The molecule has 0 aliphatic rings. The second-order valence-corrected chi connectivity index (χ2v) is 8.13. The van der Waals surface area contributed by atoms with Crippen molar-refractivity contribution in [1.29, 1.82) is 0 Å². The van der Waals surface area contributed by atoms with Gasteiger partial charge in [-0.25, -0.2) is 13.1 Å². The summed E-state index contributed by atoms with van der Waals surface area (Å²) < 4.78 is 37.5. The first-order valence-electron chi connectivity index (χ1n) is 5.94. The van der Waals surface area contributed by atoms with Crippen LogP contribution in [0.4, 0.5) is 0 Å². The number of rotatable bonds is 7. The summed E-state index contributed by atoms with van der Waals surface area (Å²) in [5, 5.41) is 0. The fraction of sp³-hybridized carbons (Fsp3) is 0.417. The van der Waals surface area contributed by atoms with Crippen molar-refractivity contribution < 1.29 is 12.6 Å². The van der Waals surface area contributed by atoms with Crippen LogP contribution in [0.15, 0.2) is 23.1 Å². The van der Waals surface area contributed by atoms with Crippen molar-refractivity contribution in [3.63, 3.8) is 0 Å². The second kappa shape index (κ2) is 7.26. The largest absolute Gasteiger partial charge is 0.389 e. The molecule has 0 aliphatic carbocycles. The molecule has 1 aromatic carbocycles. The Morgan fingerprint density at radius 2 is 2.10 bits per heavy atom. The first-order valence-corrected chi connectivity index (χ1v) is 9.56. The minimum Gasteiger partial charge on any atom is -0.389 e. The van der Waals surface area contributed by atoms with Crippen molar-refractivity contribution >= 4 is 38.0 Å². The fourth-order valence-electron chi connectivity index (χ4n) is 1.65. The summed E-state index contributed by atoms with van der Waals surface area (Å²) in [6.45, 7) is 2.02. The summed E-state index contributed by atoms with van der Waals surface area (Å²) in [4.78, 5) is 0.414. The van der Waals surface area contributed by atoms with Gasteiger partial charge in [0.15, 0.2) is 0 Å². The van der Waals surface area contributed by atoms with Gasteiger partial charge in [0, 0.05) is 34.9 Å². The number of nitrogens with two attached hydrogens (primary N) is 1. The summed E-state index contributed by atoms with van der Waals surface area (Å²) in [5.74, 6) is 0.474. The molecule has 0 spiro atoms. The minimum absolute atomic E-state index is 0.174. The van der Waals surface area contributed by atoms with Crippen LogP contribution < -0.4 is 10.5 Å². The Balaban J connectivity index is 2.80. The number of thiocarbonyl (C=S) groups is 1. The van der Waals surface area contributed by atoms with Crippen LogP contribution in [0.2, 0.25) is 0 Å². The lowest BCUT2D eigenvalue weighted by atomic mass is 10.1. The zero-order valence-corrected chi connectivity index (χ0v) is 13.8. The molecule has 0 fully saturated rings. The molecule has 8 heteroatoms. The number of nitrogens with one attached hydrogen (secondary N) is 1. The molecule has 1 aromatic rings. The van der Waals surface area contributed by atoms with Gasteiger partial charge in [0.25, 0.3) is 0 Å². The highest BCUT2D eigenvalue weighted by Gasteiger charge is 2.15. The maximum absolute atomic E-state index is 12.1. The minimum atomic E-state index is -3.56. The molecule has 1 unspecified atom stereocenters. The lowest BCUT2D eigenvalue weighted by Gasteiger charge is -2.09. The first-order chi connectivity index (χ1) is 9.24. The fourth-order valence-corrected chi connectivity index (χ4v) is 3.58. The van der Waals surface area contributed by atoms with E-state index < -0.39 is 20.8 Å². The van der Waals surface area contributed by atoms with E-state index in [1.165, 1.54) is 12.1 Å². The highest BCUT2D eigenvalue weighted by molar-refractivity contribution is 7.89. The average Bonchev–Trinajstić information content (AvgIpc) is 2.34. The number of aryl methyl sites for hydroxylation is 1. The molecule has 0 amide bonds. The van der Waals surface area contributed by atoms with Crippen LogP contribution in [0.1, 0.15) is 17.5 Å². The van der Waals surface area contributed by atoms with Gasteiger partial charge >= 0.3 is 0 Å². The predicted octanol–water partition coefficient (Wildman–Crippen LogP) is 0.676. The van der Waals surface area contributed by atoms with E-state index in [0.717, 1.165) is 5.56 Å². The Morgan fingerprint density at radius 3 is 2.60 bits per heavy atom. The SMILES string of the molecule is Cc1cc(S(=O)(=O)NCCCS(C)=O)ccc1C(N)=S. The van der Waals surface area contributed by atoms with Gasteiger partial charge in [-0.05, 0) is 31.0 Å². The molecule has 1 atom stereocenters. The quantitative estimate of drug-likeness (QED) is 0.565. The molecule has 0 bridgehead atoms. The molecule has 0 aromatic heterocycles. The van der Waals surface area contributed by atoms with Gasteiger partial charge in [-0.1, -0.05) is 18.3 Å². The molecule has 3 N–H and O–H groups in total. The highest BCUT2D eigenvalue weighted by atomic mass is 32.2. The third kappa shape index (κ3) is 4.93. The van der Waals surface area contributed by atoms with Crippen molar-refractivity contribution in [2.45, 2.75) is 18.2 Å². The van der Waals surface area contributed by atoms with Gasteiger partial charge in [-0.3, -0.25) is 4.21 Å². The summed E-state index contributed by atoms with van der Waals surface area (Å²) in [7, 11) is -4.47. The van der Waals surface area contributed by atoms with E-state index in [4.69, 9.17) is 18.0 Å². The lowest BCUT2D eigenvalue weighted by Crippen LogP contribution is -2.26. The monoisotopic (exact) mass is 334 g/mol. The van der Waals surface area contributed by atoms with Crippen LogP contribution in [0, 0.1) is 6.92 Å². The molecular weight excluding hydrogens is 316 g/mol. The Kier molecular flexibility index (Phi) is 6.25. The smallest absolute Gasteiger partial charge is 0.240 e. The Morgan fingerprint density at radius 1 is 1.45 bits per heavy atom. The Labute approximate surface area is 127 Å². The van der Waals surface area contributed by atoms with Crippen molar-refractivity contribution in [2.75, 3.05) is 18.6 Å². The van der Waals surface area contributed by atoms with Crippen molar-refractivity contribution in [2.24, 2.45) is 5.73 Å². The number of benzene rings is 1. The van der Waals surface area contributed by atoms with Crippen molar-refractivity contribution in [3.05, 3.63) is 29.3 Å². The van der Waals surface area contributed by atoms with E-state index in [1.807, 2.05) is 0 Å². The van der Waals surface area contributed by atoms with Crippen molar-refractivity contribution in [3.8, 4) is 0 Å². The van der Waals surface area contributed by atoms with E-state index in [2.05, 4.69) is 4.72 Å². The summed E-state index contributed by atoms with van der Waals surface area (Å²) in [6.07, 6.45) is 2.12. The van der Waals surface area contributed by atoms with E-state index in [9.17, 15) is 12.6 Å². The maximum Gasteiger partial charge on any atom is 0.240 e. The standard InChI is InChI=1S/C12H18N2O3S3/c1-9-8-10(4-5-11(9)12(13)18)20(16,17)14-6-3-7-19(2)15/h4-5,8,14H,3,6-7H2,1-2H3,(H2,13,18). The number of hydrogen-bond donors (Lipinski definition) is 2. The normalized spacial score (nSPS) is 13.1. The highest BCUT2D eigenvalue weighted by Crippen LogP contribution is 2.15. The summed E-state index contributed by atoms with van der Waals surface area (Å²) >= 11 is 4.88. The molecule has 20 heavy (non-hydrogen) atoms. The third-order valence-electron chi connectivity index (χ3n) is 2.67. The van der Waals surface area contributed by atoms with Gasteiger partial charge < -0.3 is 5.73 Å². The van der Waals surface area contributed by atoms with Gasteiger partial charge in [0.1, 0.15) is 4.99 Å². The molecule has 0 radical (unpaired) electrons. The molecule has 112 valence electrons. The topological polar surface area (TPSA) is 89.3 Å². The first kappa shape index (κ1) is 17.2. The van der Waals surface area contributed by atoms with Crippen LogP contribution in [0.5, 0.6) is 0 Å². The van der Waals surface area contributed by atoms with Crippen LogP contribution in [0.3, 0.4) is 0 Å². The van der Waals surface area contributed by atoms with Crippen LogP contribution >= 0.6 is 12.2 Å². The molecule has 0 saturated heterocycles. The molecule has 1 rings (SSSR count). The lowest BCUT2D eigenvalue weighted by molar-refractivity contribution is 0.580. The predicted molar refractivity (Wildman–Crippen MR) is 85.8 cm³/mol. The van der Waals surface area contributed by atoms with E-state index >= 15 is 0 Å². The zero-order valence-electron chi connectivity index (χ0n) is 11.4. The van der Waals surface area contributed by atoms with Crippen LogP contribution in [-0.4, -0.2) is 36.2 Å². The van der Waals surface area contributed by atoms with Gasteiger partial charge in [-0.15, -0.1) is 0 Å². The van der Waals surface area contributed by atoms with Gasteiger partial charge in [0.05, 0.1) is 4.90 Å². The molecular formula is C12H18N2O3S3. The Hall–Kier alpha value is -0.830. The zero-order chi connectivity index (χ0) is 15.3. The maximum atomic E-state index is 12.1. The van der Waals surface area contributed by atoms with Crippen LogP contribution in [-0.2, 0) is 20.8 Å². The van der Waals surface area contributed by atoms with Gasteiger partial charge in [-0.2, -0.15) is 0 Å². The van der Waals surface area contributed by atoms with Crippen LogP contribution in [0.25, 0.3) is 0 Å². The number of hydrogen-bond acceptors (Lipinski definition) is 4.